The first-order chi connectivity index (χ1) is 9.82. The van der Waals surface area contributed by atoms with Crippen LogP contribution in [-0.2, 0) is 9.59 Å². The van der Waals surface area contributed by atoms with Crippen LogP contribution in [0.25, 0.3) is 0 Å². The molecule has 1 aromatic rings. The summed E-state index contributed by atoms with van der Waals surface area (Å²) in [5.74, 6) is 0.000298. The van der Waals surface area contributed by atoms with Gasteiger partial charge < -0.3 is 10.2 Å². The average molecular weight is 347 g/mol. The number of carbonyl (C=O) groups excluding carboxylic acids is 2. The zero-order chi connectivity index (χ0) is 15.6. The molecule has 1 aliphatic rings. The highest BCUT2D eigenvalue weighted by atomic mass is 35.5. The van der Waals surface area contributed by atoms with Crippen molar-refractivity contribution in [1.82, 2.24) is 10.2 Å². The molecule has 1 aliphatic heterocycles. The standard InChI is InChI=1S/C14H16Cl2N2O2S/c1-14(2)13(20)17-5-6-18(14)12(19)8-21-11-7-9(15)3-4-10(11)16/h3-4,7H,5-6,8H2,1-2H3,(H,17,20). The smallest absolute Gasteiger partial charge is 0.245 e. The van der Waals surface area contributed by atoms with Crippen LogP contribution in [0.2, 0.25) is 10.0 Å². The van der Waals surface area contributed by atoms with Crippen molar-refractivity contribution in [3.63, 3.8) is 0 Å². The molecule has 0 spiro atoms. The number of amides is 2. The Bertz CT molecular complexity index is 578. The highest BCUT2D eigenvalue weighted by Gasteiger charge is 2.40. The Hall–Kier alpha value is -0.910. The van der Waals surface area contributed by atoms with Crippen LogP contribution < -0.4 is 5.32 Å². The summed E-state index contributed by atoms with van der Waals surface area (Å²) in [6, 6.07) is 5.14. The zero-order valence-electron chi connectivity index (χ0n) is 11.8. The average Bonchev–Trinajstić information content (AvgIpc) is 2.42. The number of benzene rings is 1. The molecule has 1 heterocycles. The zero-order valence-corrected chi connectivity index (χ0v) is 14.1. The highest BCUT2D eigenvalue weighted by molar-refractivity contribution is 8.00. The minimum absolute atomic E-state index is 0.0871. The van der Waals surface area contributed by atoms with E-state index in [0.29, 0.717) is 23.1 Å². The fourth-order valence-corrected chi connectivity index (χ4v) is 3.51. The quantitative estimate of drug-likeness (QED) is 0.856. The third-order valence-corrected chi connectivity index (χ3v) is 5.11. The van der Waals surface area contributed by atoms with Gasteiger partial charge in [0.15, 0.2) is 0 Å². The van der Waals surface area contributed by atoms with Crippen LogP contribution in [0, 0.1) is 0 Å². The fourth-order valence-electron chi connectivity index (χ4n) is 2.14. The summed E-state index contributed by atoms with van der Waals surface area (Å²) in [5.41, 5.74) is -0.825. The number of hydrogen-bond acceptors (Lipinski definition) is 3. The Labute approximate surface area is 138 Å². The fraction of sp³-hybridized carbons (Fsp3) is 0.429. The van der Waals surface area contributed by atoms with Gasteiger partial charge in [-0.05, 0) is 32.0 Å². The van der Waals surface area contributed by atoms with E-state index in [-0.39, 0.29) is 17.6 Å². The molecule has 1 fully saturated rings. The Morgan fingerprint density at radius 2 is 2.14 bits per heavy atom. The number of nitrogens with one attached hydrogen (secondary N) is 1. The molecule has 1 saturated heterocycles. The monoisotopic (exact) mass is 346 g/mol. The van der Waals surface area contributed by atoms with Crippen molar-refractivity contribution in [3.05, 3.63) is 28.2 Å². The lowest BCUT2D eigenvalue weighted by Gasteiger charge is -2.41. The summed E-state index contributed by atoms with van der Waals surface area (Å²) < 4.78 is 0. The molecule has 0 unspecified atom stereocenters. The van der Waals surface area contributed by atoms with Gasteiger partial charge in [-0.25, -0.2) is 0 Å². The predicted molar refractivity (Wildman–Crippen MR) is 86.0 cm³/mol. The van der Waals surface area contributed by atoms with Gasteiger partial charge in [-0.2, -0.15) is 0 Å². The summed E-state index contributed by atoms with van der Waals surface area (Å²) in [4.78, 5) is 26.6. The second-order valence-electron chi connectivity index (χ2n) is 5.22. The Morgan fingerprint density at radius 3 is 2.86 bits per heavy atom. The molecule has 0 atom stereocenters. The second kappa shape index (κ2) is 6.46. The van der Waals surface area contributed by atoms with E-state index in [0.717, 1.165) is 4.90 Å². The summed E-state index contributed by atoms with van der Waals surface area (Å²) in [5, 5.41) is 3.91. The number of carbonyl (C=O) groups is 2. The number of nitrogens with zero attached hydrogens (tertiary/aromatic N) is 1. The summed E-state index contributed by atoms with van der Waals surface area (Å²) in [6.07, 6.45) is 0. The van der Waals surface area contributed by atoms with E-state index in [4.69, 9.17) is 23.2 Å². The molecule has 1 N–H and O–H groups in total. The van der Waals surface area contributed by atoms with Crippen LogP contribution in [0.1, 0.15) is 13.8 Å². The van der Waals surface area contributed by atoms with E-state index < -0.39 is 5.54 Å². The molecule has 0 saturated carbocycles. The lowest BCUT2D eigenvalue weighted by Crippen LogP contribution is -2.63. The van der Waals surface area contributed by atoms with Gasteiger partial charge in [0.2, 0.25) is 11.8 Å². The molecule has 0 radical (unpaired) electrons. The van der Waals surface area contributed by atoms with E-state index in [1.165, 1.54) is 11.8 Å². The Kier molecular flexibility index (Phi) is 5.07. The number of thioether (sulfide) groups is 1. The molecule has 1 aromatic carbocycles. The minimum Gasteiger partial charge on any atom is -0.352 e. The van der Waals surface area contributed by atoms with Gasteiger partial charge in [0.05, 0.1) is 10.8 Å². The normalized spacial score (nSPS) is 17.5. The molecule has 0 aromatic heterocycles. The number of rotatable bonds is 3. The van der Waals surface area contributed by atoms with Crippen molar-refractivity contribution in [2.24, 2.45) is 0 Å². The van der Waals surface area contributed by atoms with Gasteiger partial charge >= 0.3 is 0 Å². The molecule has 114 valence electrons. The first-order valence-corrected chi connectivity index (χ1v) is 8.23. The largest absolute Gasteiger partial charge is 0.352 e. The maximum absolute atomic E-state index is 12.4. The highest BCUT2D eigenvalue weighted by Crippen LogP contribution is 2.30. The predicted octanol–water partition coefficient (Wildman–Crippen LogP) is 2.82. The molecule has 0 bridgehead atoms. The van der Waals surface area contributed by atoms with Gasteiger partial charge in [0, 0.05) is 23.0 Å². The number of halogens is 2. The van der Waals surface area contributed by atoms with E-state index in [1.54, 1.807) is 36.9 Å². The van der Waals surface area contributed by atoms with Crippen molar-refractivity contribution < 1.29 is 9.59 Å². The van der Waals surface area contributed by atoms with Crippen LogP contribution in [0.4, 0.5) is 0 Å². The summed E-state index contributed by atoms with van der Waals surface area (Å²) in [6.45, 7) is 4.49. The minimum atomic E-state index is -0.825. The van der Waals surface area contributed by atoms with Crippen molar-refractivity contribution >= 4 is 46.8 Å². The van der Waals surface area contributed by atoms with Crippen LogP contribution in [0.15, 0.2) is 23.1 Å². The lowest BCUT2D eigenvalue weighted by molar-refractivity contribution is -0.147. The molecule has 21 heavy (non-hydrogen) atoms. The van der Waals surface area contributed by atoms with Crippen molar-refractivity contribution in [3.8, 4) is 0 Å². The van der Waals surface area contributed by atoms with E-state index in [9.17, 15) is 9.59 Å². The SMILES string of the molecule is CC1(C)C(=O)NCCN1C(=O)CSc1cc(Cl)ccc1Cl. The summed E-state index contributed by atoms with van der Waals surface area (Å²) >= 11 is 13.3. The van der Waals surface area contributed by atoms with Crippen molar-refractivity contribution in [1.29, 1.82) is 0 Å². The second-order valence-corrected chi connectivity index (χ2v) is 7.08. The number of hydrogen-bond donors (Lipinski definition) is 1. The van der Waals surface area contributed by atoms with Crippen LogP contribution in [0.3, 0.4) is 0 Å². The first kappa shape index (κ1) is 16.5. The first-order valence-electron chi connectivity index (χ1n) is 6.49. The van der Waals surface area contributed by atoms with Crippen molar-refractivity contribution in [2.75, 3.05) is 18.8 Å². The van der Waals surface area contributed by atoms with Gasteiger partial charge in [0.1, 0.15) is 5.54 Å². The molecule has 0 aliphatic carbocycles. The van der Waals surface area contributed by atoms with Gasteiger partial charge in [-0.3, -0.25) is 9.59 Å². The van der Waals surface area contributed by atoms with Gasteiger partial charge in [0.25, 0.3) is 0 Å². The van der Waals surface area contributed by atoms with Gasteiger partial charge in [-0.1, -0.05) is 23.2 Å². The molecular formula is C14H16Cl2N2O2S. The lowest BCUT2D eigenvalue weighted by atomic mass is 9.99. The molecule has 4 nitrogen and oxygen atoms in total. The Morgan fingerprint density at radius 1 is 1.43 bits per heavy atom. The van der Waals surface area contributed by atoms with Crippen LogP contribution in [-0.4, -0.2) is 41.1 Å². The van der Waals surface area contributed by atoms with E-state index in [1.807, 2.05) is 0 Å². The van der Waals surface area contributed by atoms with Crippen molar-refractivity contribution in [2.45, 2.75) is 24.3 Å². The molecule has 2 rings (SSSR count). The summed E-state index contributed by atoms with van der Waals surface area (Å²) in [7, 11) is 0. The number of piperazine rings is 1. The molecule has 7 heteroatoms. The van der Waals surface area contributed by atoms with Crippen LogP contribution >= 0.6 is 35.0 Å². The maximum atomic E-state index is 12.4. The van der Waals surface area contributed by atoms with E-state index in [2.05, 4.69) is 5.32 Å². The van der Waals surface area contributed by atoms with E-state index >= 15 is 0 Å². The topological polar surface area (TPSA) is 49.4 Å². The molecule has 2 amide bonds. The third kappa shape index (κ3) is 3.65. The third-order valence-electron chi connectivity index (χ3n) is 3.40. The van der Waals surface area contributed by atoms with Crippen LogP contribution in [0.5, 0.6) is 0 Å². The molecular weight excluding hydrogens is 331 g/mol. The maximum Gasteiger partial charge on any atom is 0.245 e. The Balaban J connectivity index is 2.04. The van der Waals surface area contributed by atoms with Gasteiger partial charge in [-0.15, -0.1) is 11.8 Å².